The van der Waals surface area contributed by atoms with Gasteiger partial charge >= 0.3 is 0 Å². The number of hydrogen-bond acceptors (Lipinski definition) is 3. The third kappa shape index (κ3) is 6.59. The minimum Gasteiger partial charge on any atom is -0.489 e. The van der Waals surface area contributed by atoms with E-state index in [4.69, 9.17) is 4.74 Å². The van der Waals surface area contributed by atoms with Gasteiger partial charge in [0.15, 0.2) is 0 Å². The smallest absolute Gasteiger partial charge is 0.271 e. The van der Waals surface area contributed by atoms with Gasteiger partial charge in [0.1, 0.15) is 12.4 Å². The number of hydrogen-bond donors (Lipinski definition) is 1. The van der Waals surface area contributed by atoms with Crippen LogP contribution in [0.25, 0.3) is 0 Å². The number of nitrogens with zero attached hydrogens (tertiary/aromatic N) is 1. The zero-order valence-corrected chi connectivity index (χ0v) is 17.4. The highest BCUT2D eigenvalue weighted by Crippen LogP contribution is 2.15. The zero-order valence-electron chi connectivity index (χ0n) is 17.4. The molecule has 1 N–H and O–H groups in total. The molecule has 3 rings (SSSR count). The molecule has 0 bridgehead atoms. The van der Waals surface area contributed by atoms with Crippen molar-refractivity contribution in [2.75, 3.05) is 0 Å². The molecule has 0 saturated carbocycles. The summed E-state index contributed by atoms with van der Waals surface area (Å²) in [6.45, 7) is 2.67. The molecule has 0 spiro atoms. The maximum Gasteiger partial charge on any atom is 0.271 e. The molecule has 0 radical (unpaired) electrons. The molecule has 1 amide bonds. The van der Waals surface area contributed by atoms with E-state index in [0.717, 1.165) is 48.3 Å². The lowest BCUT2D eigenvalue weighted by molar-refractivity contribution is 0.0954. The largest absolute Gasteiger partial charge is 0.489 e. The number of ether oxygens (including phenoxy) is 1. The fourth-order valence-corrected chi connectivity index (χ4v) is 3.06. The van der Waals surface area contributed by atoms with Crippen LogP contribution in [0.4, 0.5) is 0 Å². The summed E-state index contributed by atoms with van der Waals surface area (Å²) in [6.07, 6.45) is 4.18. The quantitative estimate of drug-likeness (QED) is 0.258. The number of nitrogens with one attached hydrogen (secondary N) is 1. The van der Waals surface area contributed by atoms with Crippen LogP contribution in [0.15, 0.2) is 90.0 Å². The standard InChI is InChI=1S/C26H28N2O2/c1-2-3-6-15-25(22-13-9-5-10-14-22)27-28-26(29)23-16-18-24(19-17-23)30-20-21-11-7-4-8-12-21/h4-5,7-14,16-19H,2-3,6,15,20H2,1H3,(H,28,29)/b27-25-. The average Bonchev–Trinajstić information content (AvgIpc) is 2.81. The molecule has 0 aliphatic heterocycles. The highest BCUT2D eigenvalue weighted by Gasteiger charge is 2.08. The molecule has 3 aromatic rings. The van der Waals surface area contributed by atoms with Crippen LogP contribution >= 0.6 is 0 Å². The first-order chi connectivity index (χ1) is 14.8. The molecule has 0 aliphatic carbocycles. The van der Waals surface area contributed by atoms with Crippen molar-refractivity contribution in [3.63, 3.8) is 0 Å². The third-order valence-electron chi connectivity index (χ3n) is 4.78. The van der Waals surface area contributed by atoms with Gasteiger partial charge in [-0.05, 0) is 48.2 Å². The average molecular weight is 401 g/mol. The zero-order chi connectivity index (χ0) is 21.0. The molecule has 3 aromatic carbocycles. The molecule has 0 heterocycles. The van der Waals surface area contributed by atoms with Crippen LogP contribution in [0.2, 0.25) is 0 Å². The fraction of sp³-hybridized carbons (Fsp3) is 0.231. The number of benzene rings is 3. The second-order valence-electron chi connectivity index (χ2n) is 7.12. The summed E-state index contributed by atoms with van der Waals surface area (Å²) in [5, 5.41) is 4.43. The van der Waals surface area contributed by atoms with Gasteiger partial charge in [-0.1, -0.05) is 80.4 Å². The number of carbonyl (C=O) groups is 1. The van der Waals surface area contributed by atoms with E-state index in [2.05, 4.69) is 17.5 Å². The van der Waals surface area contributed by atoms with Crippen LogP contribution in [0.5, 0.6) is 5.75 Å². The topological polar surface area (TPSA) is 50.7 Å². The van der Waals surface area contributed by atoms with Gasteiger partial charge in [-0.25, -0.2) is 5.43 Å². The summed E-state index contributed by atoms with van der Waals surface area (Å²) >= 11 is 0. The van der Waals surface area contributed by atoms with Crippen molar-refractivity contribution in [2.24, 2.45) is 5.10 Å². The Morgan fingerprint density at radius 1 is 0.833 bits per heavy atom. The molecule has 0 atom stereocenters. The fourth-order valence-electron chi connectivity index (χ4n) is 3.06. The minimum atomic E-state index is -0.228. The Morgan fingerprint density at radius 2 is 1.50 bits per heavy atom. The van der Waals surface area contributed by atoms with E-state index in [-0.39, 0.29) is 5.91 Å². The summed E-state index contributed by atoms with van der Waals surface area (Å²) < 4.78 is 5.78. The molecule has 0 saturated heterocycles. The monoisotopic (exact) mass is 400 g/mol. The number of amides is 1. The molecular formula is C26H28N2O2. The van der Waals surface area contributed by atoms with Crippen molar-refractivity contribution < 1.29 is 9.53 Å². The normalized spacial score (nSPS) is 11.2. The van der Waals surface area contributed by atoms with E-state index in [1.54, 1.807) is 24.3 Å². The van der Waals surface area contributed by atoms with Crippen LogP contribution in [0.3, 0.4) is 0 Å². The van der Waals surface area contributed by atoms with Gasteiger partial charge in [-0.2, -0.15) is 5.10 Å². The van der Waals surface area contributed by atoms with Crippen LogP contribution in [-0.2, 0) is 6.61 Å². The molecule has 0 unspecified atom stereocenters. The summed E-state index contributed by atoms with van der Waals surface area (Å²) in [7, 11) is 0. The molecule has 0 aliphatic rings. The Hall–Kier alpha value is -3.40. The molecular weight excluding hydrogens is 372 g/mol. The van der Waals surface area contributed by atoms with E-state index >= 15 is 0 Å². The van der Waals surface area contributed by atoms with Crippen molar-refractivity contribution in [1.29, 1.82) is 0 Å². The summed E-state index contributed by atoms with van der Waals surface area (Å²) in [5.74, 6) is 0.497. The molecule has 30 heavy (non-hydrogen) atoms. The molecule has 0 aromatic heterocycles. The molecule has 4 heteroatoms. The minimum absolute atomic E-state index is 0.228. The van der Waals surface area contributed by atoms with Gasteiger partial charge in [0, 0.05) is 5.56 Å². The van der Waals surface area contributed by atoms with Crippen molar-refractivity contribution in [3.8, 4) is 5.75 Å². The Balaban J connectivity index is 1.60. The molecule has 4 nitrogen and oxygen atoms in total. The van der Waals surface area contributed by atoms with Crippen LogP contribution < -0.4 is 10.2 Å². The number of rotatable bonds is 10. The Kier molecular flexibility index (Phi) is 8.22. The van der Waals surface area contributed by atoms with E-state index in [1.165, 1.54) is 0 Å². The second-order valence-corrected chi connectivity index (χ2v) is 7.12. The van der Waals surface area contributed by atoms with Gasteiger partial charge < -0.3 is 4.74 Å². The van der Waals surface area contributed by atoms with E-state index in [9.17, 15) is 4.79 Å². The number of hydrazone groups is 1. The van der Waals surface area contributed by atoms with Crippen LogP contribution in [0.1, 0.15) is 54.1 Å². The van der Waals surface area contributed by atoms with Crippen LogP contribution in [0, 0.1) is 0 Å². The lowest BCUT2D eigenvalue weighted by Gasteiger charge is -2.09. The lowest BCUT2D eigenvalue weighted by atomic mass is 10.0. The predicted octanol–water partition coefficient (Wildman–Crippen LogP) is 5.98. The number of unbranched alkanes of at least 4 members (excludes halogenated alkanes) is 2. The Labute approximate surface area is 178 Å². The van der Waals surface area contributed by atoms with E-state index in [1.807, 2.05) is 60.7 Å². The summed E-state index contributed by atoms with van der Waals surface area (Å²) in [6, 6.07) is 27.1. The lowest BCUT2D eigenvalue weighted by Crippen LogP contribution is -2.20. The van der Waals surface area contributed by atoms with Gasteiger partial charge in [0.25, 0.3) is 5.91 Å². The van der Waals surface area contributed by atoms with Gasteiger partial charge in [0.2, 0.25) is 0 Å². The Bertz CT molecular complexity index is 936. The SMILES string of the molecule is CCCCC/C(=N/NC(=O)c1ccc(OCc2ccccc2)cc1)c1ccccc1. The second kappa shape index (κ2) is 11.6. The number of carbonyl (C=O) groups excluding carboxylic acids is 1. The molecule has 154 valence electrons. The van der Waals surface area contributed by atoms with Crippen molar-refractivity contribution >= 4 is 11.6 Å². The Morgan fingerprint density at radius 3 is 2.17 bits per heavy atom. The maximum atomic E-state index is 12.5. The maximum absolute atomic E-state index is 12.5. The summed E-state index contributed by atoms with van der Waals surface area (Å²) in [5.41, 5.74) is 6.30. The first kappa shape index (κ1) is 21.3. The predicted molar refractivity (Wildman–Crippen MR) is 122 cm³/mol. The highest BCUT2D eigenvalue weighted by molar-refractivity contribution is 6.02. The first-order valence-electron chi connectivity index (χ1n) is 10.5. The van der Waals surface area contributed by atoms with E-state index in [0.29, 0.717) is 12.2 Å². The molecule has 0 fully saturated rings. The van der Waals surface area contributed by atoms with Gasteiger partial charge in [-0.3, -0.25) is 4.79 Å². The third-order valence-corrected chi connectivity index (χ3v) is 4.78. The summed E-state index contributed by atoms with van der Waals surface area (Å²) in [4.78, 5) is 12.5. The highest BCUT2D eigenvalue weighted by atomic mass is 16.5. The van der Waals surface area contributed by atoms with Gasteiger partial charge in [0.05, 0.1) is 5.71 Å². The van der Waals surface area contributed by atoms with Crippen molar-refractivity contribution in [1.82, 2.24) is 5.43 Å². The van der Waals surface area contributed by atoms with Crippen molar-refractivity contribution in [2.45, 2.75) is 39.2 Å². The first-order valence-corrected chi connectivity index (χ1v) is 10.5. The van der Waals surface area contributed by atoms with E-state index < -0.39 is 0 Å². The van der Waals surface area contributed by atoms with Crippen LogP contribution in [-0.4, -0.2) is 11.6 Å². The van der Waals surface area contributed by atoms with Gasteiger partial charge in [-0.15, -0.1) is 0 Å². The van der Waals surface area contributed by atoms with Crippen molar-refractivity contribution in [3.05, 3.63) is 102 Å².